The summed E-state index contributed by atoms with van der Waals surface area (Å²) in [6, 6.07) is 16.1. The molecule has 2 aromatic carbocycles. The van der Waals surface area contributed by atoms with Gasteiger partial charge >= 0.3 is 0 Å². The average molecular weight is 429 g/mol. The van der Waals surface area contributed by atoms with Crippen molar-refractivity contribution in [2.45, 2.75) is 13.0 Å². The first-order chi connectivity index (χ1) is 12.6. The third kappa shape index (κ3) is 7.06. The van der Waals surface area contributed by atoms with E-state index >= 15 is 0 Å². The topological polar surface area (TPSA) is 45.2 Å². The van der Waals surface area contributed by atoms with Crippen LogP contribution in [0.15, 0.2) is 48.5 Å². The number of ether oxygens (including phenoxy) is 2. The molecule has 156 valence electrons. The summed E-state index contributed by atoms with van der Waals surface area (Å²) >= 11 is 0. The van der Waals surface area contributed by atoms with Crippen molar-refractivity contribution in [3.8, 4) is 11.5 Å². The smallest absolute Gasteiger partial charge is 0.119 e. The summed E-state index contributed by atoms with van der Waals surface area (Å²) in [6.45, 7) is 6.80. The van der Waals surface area contributed by atoms with E-state index in [1.54, 1.807) is 7.11 Å². The van der Waals surface area contributed by atoms with Crippen molar-refractivity contribution in [1.29, 1.82) is 0 Å². The predicted octanol–water partition coefficient (Wildman–Crippen LogP) is 3.41. The van der Waals surface area contributed by atoms with Gasteiger partial charge in [-0.05, 0) is 43.3 Å². The number of aryl methyl sites for hydroxylation is 1. The van der Waals surface area contributed by atoms with E-state index < -0.39 is 6.10 Å². The first-order valence-electron chi connectivity index (χ1n) is 9.13. The van der Waals surface area contributed by atoms with Crippen molar-refractivity contribution in [2.75, 3.05) is 51.3 Å². The minimum Gasteiger partial charge on any atom is -0.497 e. The number of β-amino-alcohol motifs (C(OH)–C–C–N with tert-alkyl or cyclic N) is 1. The Bertz CT molecular complexity index is 675. The molecule has 0 spiro atoms. The molecule has 1 fully saturated rings. The van der Waals surface area contributed by atoms with Crippen LogP contribution in [0.1, 0.15) is 5.56 Å². The van der Waals surface area contributed by atoms with Crippen LogP contribution in [0.4, 0.5) is 5.69 Å². The molecular formula is C21H30Cl2N2O3. The fraction of sp³-hybridized carbons (Fsp3) is 0.429. The van der Waals surface area contributed by atoms with Crippen LogP contribution in [0.5, 0.6) is 11.5 Å². The molecule has 3 rings (SSSR count). The van der Waals surface area contributed by atoms with Crippen molar-refractivity contribution in [3.63, 3.8) is 0 Å². The zero-order valence-electron chi connectivity index (χ0n) is 16.4. The summed E-state index contributed by atoms with van der Waals surface area (Å²) in [5, 5.41) is 10.3. The average Bonchev–Trinajstić information content (AvgIpc) is 2.68. The molecule has 0 saturated carbocycles. The number of methoxy groups -OCH3 is 1. The Morgan fingerprint density at radius 2 is 1.46 bits per heavy atom. The number of rotatable bonds is 7. The van der Waals surface area contributed by atoms with Crippen LogP contribution in [-0.2, 0) is 0 Å². The summed E-state index contributed by atoms with van der Waals surface area (Å²) in [4.78, 5) is 4.66. The van der Waals surface area contributed by atoms with Gasteiger partial charge in [-0.3, -0.25) is 4.90 Å². The van der Waals surface area contributed by atoms with E-state index in [-0.39, 0.29) is 24.8 Å². The summed E-state index contributed by atoms with van der Waals surface area (Å²) in [5.74, 6) is 1.68. The van der Waals surface area contributed by atoms with E-state index in [9.17, 15) is 5.11 Å². The molecule has 1 saturated heterocycles. The zero-order chi connectivity index (χ0) is 18.4. The molecule has 7 heteroatoms. The van der Waals surface area contributed by atoms with E-state index in [2.05, 4.69) is 21.9 Å². The Balaban J connectivity index is 0.00000196. The molecule has 0 amide bonds. The number of halogens is 2. The highest BCUT2D eigenvalue weighted by Gasteiger charge is 2.19. The lowest BCUT2D eigenvalue weighted by molar-refractivity contribution is 0.0663. The van der Waals surface area contributed by atoms with Crippen LogP contribution in [0.2, 0.25) is 0 Å². The van der Waals surface area contributed by atoms with E-state index in [1.165, 1.54) is 11.3 Å². The lowest BCUT2D eigenvalue weighted by Crippen LogP contribution is -2.49. The van der Waals surface area contributed by atoms with Crippen LogP contribution in [-0.4, -0.2) is 62.6 Å². The maximum atomic E-state index is 10.3. The number of aliphatic hydroxyl groups excluding tert-OH is 1. The number of hydrogen-bond donors (Lipinski definition) is 1. The minimum atomic E-state index is -0.483. The maximum Gasteiger partial charge on any atom is 0.119 e. The fourth-order valence-corrected chi connectivity index (χ4v) is 3.16. The SMILES string of the molecule is COc1ccc(N2CCN(CC(O)COc3ccc(C)cc3)CC2)cc1.Cl.Cl. The van der Waals surface area contributed by atoms with Crippen molar-refractivity contribution in [3.05, 3.63) is 54.1 Å². The van der Waals surface area contributed by atoms with Gasteiger partial charge in [-0.1, -0.05) is 17.7 Å². The van der Waals surface area contributed by atoms with Gasteiger partial charge in [0.1, 0.15) is 24.2 Å². The second kappa shape index (κ2) is 12.0. The highest BCUT2D eigenvalue weighted by Crippen LogP contribution is 2.20. The van der Waals surface area contributed by atoms with Gasteiger partial charge in [0.15, 0.2) is 0 Å². The van der Waals surface area contributed by atoms with E-state index in [0.717, 1.165) is 37.7 Å². The highest BCUT2D eigenvalue weighted by atomic mass is 35.5. The monoisotopic (exact) mass is 428 g/mol. The molecule has 1 aliphatic heterocycles. The first-order valence-corrected chi connectivity index (χ1v) is 9.13. The van der Waals surface area contributed by atoms with E-state index in [1.807, 2.05) is 43.3 Å². The molecule has 5 nitrogen and oxygen atoms in total. The number of anilines is 1. The van der Waals surface area contributed by atoms with Gasteiger partial charge in [0.2, 0.25) is 0 Å². The summed E-state index contributed by atoms with van der Waals surface area (Å²) < 4.78 is 10.9. The third-order valence-electron chi connectivity index (χ3n) is 4.74. The normalized spacial score (nSPS) is 15.2. The van der Waals surface area contributed by atoms with Gasteiger partial charge in [0, 0.05) is 38.4 Å². The fourth-order valence-electron chi connectivity index (χ4n) is 3.16. The molecule has 0 aromatic heterocycles. The first kappa shape index (κ1) is 24.4. The number of hydrogen-bond acceptors (Lipinski definition) is 5. The third-order valence-corrected chi connectivity index (χ3v) is 4.74. The van der Waals surface area contributed by atoms with Crippen LogP contribution in [0, 0.1) is 6.92 Å². The molecule has 1 N–H and O–H groups in total. The number of piperazine rings is 1. The van der Waals surface area contributed by atoms with Gasteiger partial charge in [-0.15, -0.1) is 24.8 Å². The molecule has 1 atom stereocenters. The van der Waals surface area contributed by atoms with Crippen LogP contribution >= 0.6 is 24.8 Å². The maximum absolute atomic E-state index is 10.3. The Morgan fingerprint density at radius 1 is 0.893 bits per heavy atom. The van der Waals surface area contributed by atoms with Crippen LogP contribution in [0.25, 0.3) is 0 Å². The van der Waals surface area contributed by atoms with Gasteiger partial charge in [-0.2, -0.15) is 0 Å². The Hall–Kier alpha value is -1.66. The van der Waals surface area contributed by atoms with Gasteiger partial charge < -0.3 is 19.5 Å². The minimum absolute atomic E-state index is 0. The van der Waals surface area contributed by atoms with Crippen molar-refractivity contribution in [2.24, 2.45) is 0 Å². The predicted molar refractivity (Wildman–Crippen MR) is 119 cm³/mol. The summed E-state index contributed by atoms with van der Waals surface area (Å²) in [5.41, 5.74) is 2.42. The van der Waals surface area contributed by atoms with Gasteiger partial charge in [-0.25, -0.2) is 0 Å². The number of nitrogens with zero attached hydrogens (tertiary/aromatic N) is 2. The molecule has 0 aliphatic carbocycles. The quantitative estimate of drug-likeness (QED) is 0.731. The second-order valence-corrected chi connectivity index (χ2v) is 6.76. The standard InChI is InChI=1S/C21H28N2O3.2ClH/c1-17-3-7-21(8-4-17)26-16-19(24)15-22-11-13-23(14-12-22)18-5-9-20(25-2)10-6-18;;/h3-10,19,24H,11-16H2,1-2H3;2*1H. The van der Waals surface area contributed by atoms with Crippen molar-refractivity contribution >= 4 is 30.5 Å². The Morgan fingerprint density at radius 3 is 2.04 bits per heavy atom. The number of aliphatic hydroxyl groups is 1. The molecule has 0 radical (unpaired) electrons. The Labute approximate surface area is 180 Å². The Kier molecular flexibility index (Phi) is 10.5. The highest BCUT2D eigenvalue weighted by molar-refractivity contribution is 5.85. The van der Waals surface area contributed by atoms with Crippen LogP contribution in [0.3, 0.4) is 0 Å². The molecule has 1 aliphatic rings. The van der Waals surface area contributed by atoms with E-state index in [0.29, 0.717) is 13.2 Å². The molecule has 1 heterocycles. The lowest BCUT2D eigenvalue weighted by atomic mass is 10.2. The zero-order valence-corrected chi connectivity index (χ0v) is 18.0. The van der Waals surface area contributed by atoms with Crippen LogP contribution < -0.4 is 14.4 Å². The molecular weight excluding hydrogens is 399 g/mol. The largest absolute Gasteiger partial charge is 0.497 e. The summed E-state index contributed by atoms with van der Waals surface area (Å²) in [6.07, 6.45) is -0.483. The van der Waals surface area contributed by atoms with Crippen molar-refractivity contribution < 1.29 is 14.6 Å². The van der Waals surface area contributed by atoms with E-state index in [4.69, 9.17) is 9.47 Å². The molecule has 28 heavy (non-hydrogen) atoms. The molecule has 0 bridgehead atoms. The molecule has 1 unspecified atom stereocenters. The lowest BCUT2D eigenvalue weighted by Gasteiger charge is -2.36. The molecule has 2 aromatic rings. The van der Waals surface area contributed by atoms with Crippen molar-refractivity contribution in [1.82, 2.24) is 4.90 Å². The van der Waals surface area contributed by atoms with Gasteiger partial charge in [0.05, 0.1) is 7.11 Å². The summed E-state index contributed by atoms with van der Waals surface area (Å²) in [7, 11) is 1.68. The van der Waals surface area contributed by atoms with Gasteiger partial charge in [0.25, 0.3) is 0 Å². The second-order valence-electron chi connectivity index (χ2n) is 6.76. The number of benzene rings is 2.